The molecular weight excluding hydrogens is 582 g/mol. The number of hydrogen-bond donors (Lipinski definition) is 9. The molecule has 0 aliphatic rings. The van der Waals surface area contributed by atoms with E-state index in [1.165, 1.54) is 0 Å². The van der Waals surface area contributed by atoms with Crippen molar-refractivity contribution in [3.8, 4) is 0 Å². The summed E-state index contributed by atoms with van der Waals surface area (Å²) in [4.78, 5) is 39.2. The fraction of sp³-hybridized carbons (Fsp3) is 0.857. The van der Waals surface area contributed by atoms with Gasteiger partial charge in [0.15, 0.2) is 0 Å². The van der Waals surface area contributed by atoms with E-state index in [-0.39, 0.29) is 34.5 Å². The van der Waals surface area contributed by atoms with Gasteiger partial charge in [-0.2, -0.15) is 35.3 Å². The van der Waals surface area contributed by atoms with Crippen molar-refractivity contribution in [3.63, 3.8) is 0 Å². The van der Waals surface area contributed by atoms with Crippen LogP contribution in [0.25, 0.3) is 0 Å². The van der Waals surface area contributed by atoms with Crippen LogP contribution in [0.3, 0.4) is 0 Å². The van der Waals surface area contributed by atoms with Crippen LogP contribution in [0.2, 0.25) is 0 Å². The van der Waals surface area contributed by atoms with Gasteiger partial charge in [-0.1, -0.05) is 0 Å². The average molecular weight is 622 g/mol. The molecule has 6 atom stereocenters. The molecule has 228 valence electrons. The molecule has 0 aromatic carbocycles. The molecule has 6 unspecified atom stereocenters. The van der Waals surface area contributed by atoms with E-state index in [4.69, 9.17) is 15.3 Å². The summed E-state index contributed by atoms with van der Waals surface area (Å²) < 4.78 is 1.83. The molecule has 0 fully saturated rings. The first kappa shape index (κ1) is 36.1. The quantitative estimate of drug-likeness (QED) is 0.0621. The van der Waals surface area contributed by atoms with Crippen LogP contribution in [0.5, 0.6) is 0 Å². The maximum absolute atomic E-state index is 13.1. The summed E-state index contributed by atoms with van der Waals surface area (Å²) in [6, 6.07) is 0. The lowest BCUT2D eigenvalue weighted by atomic mass is 10.3. The summed E-state index contributed by atoms with van der Waals surface area (Å²) >= 11 is 3.21. The molecule has 0 amide bonds. The second kappa shape index (κ2) is 19.3. The summed E-state index contributed by atoms with van der Waals surface area (Å²) in [6.07, 6.45) is -6.82. The Kier molecular flexibility index (Phi) is 17.8. The van der Waals surface area contributed by atoms with Crippen LogP contribution in [-0.2, 0) is 19.6 Å². The Morgan fingerprint density at radius 3 is 0.846 bits per heavy atom. The Labute approximate surface area is 236 Å². The first-order valence-corrected chi connectivity index (χ1v) is 15.5. The molecule has 15 nitrogen and oxygen atoms in total. The third kappa shape index (κ3) is 13.1. The normalized spacial score (nSPS) is 16.5. The van der Waals surface area contributed by atoms with Crippen molar-refractivity contribution in [2.24, 2.45) is 0 Å². The highest BCUT2D eigenvalue weighted by Gasteiger charge is 2.22. The minimum absolute atomic E-state index is 0.0129. The van der Waals surface area contributed by atoms with Crippen LogP contribution in [0.15, 0.2) is 14.4 Å². The van der Waals surface area contributed by atoms with Gasteiger partial charge in [0, 0.05) is 34.5 Å². The van der Waals surface area contributed by atoms with E-state index in [1.807, 2.05) is 0 Å². The Bertz CT molecular complexity index is 853. The Hall–Kier alpha value is -0.900. The molecular formula is C21H39N3O12S3. The highest BCUT2D eigenvalue weighted by molar-refractivity contribution is 7.99. The van der Waals surface area contributed by atoms with Crippen molar-refractivity contribution in [2.75, 3.05) is 54.3 Å². The first-order valence-electron chi connectivity index (χ1n) is 12.0. The van der Waals surface area contributed by atoms with Gasteiger partial charge in [0.25, 0.3) is 0 Å². The summed E-state index contributed by atoms with van der Waals surface area (Å²) in [5.74, 6) is 0.241. The molecule has 0 saturated carbocycles. The van der Waals surface area contributed by atoms with E-state index in [2.05, 4.69) is 0 Å². The van der Waals surface area contributed by atoms with E-state index in [0.29, 0.717) is 13.7 Å². The molecule has 9 N–H and O–H groups in total. The molecule has 39 heavy (non-hydrogen) atoms. The molecule has 0 saturated heterocycles. The number of aliphatic hydroxyl groups is 9. The highest BCUT2D eigenvalue weighted by atomic mass is 32.2. The van der Waals surface area contributed by atoms with E-state index >= 15 is 0 Å². The summed E-state index contributed by atoms with van der Waals surface area (Å²) in [7, 11) is 0. The van der Waals surface area contributed by atoms with Crippen LogP contribution in [0.1, 0.15) is 0 Å². The van der Waals surface area contributed by atoms with Gasteiger partial charge in [-0.15, -0.1) is 0 Å². The number of hydrogen-bond acceptors (Lipinski definition) is 15. The van der Waals surface area contributed by atoms with Crippen LogP contribution < -0.4 is 17.1 Å². The third-order valence-corrected chi connectivity index (χ3v) is 8.78. The molecule has 0 aliphatic heterocycles. The van der Waals surface area contributed by atoms with Crippen LogP contribution in [-0.4, -0.2) is 151 Å². The maximum atomic E-state index is 13.1. The van der Waals surface area contributed by atoms with Crippen molar-refractivity contribution >= 4 is 35.3 Å². The largest absolute Gasteiger partial charge is 0.394 e. The van der Waals surface area contributed by atoms with Crippen LogP contribution in [0, 0.1) is 0 Å². The lowest BCUT2D eigenvalue weighted by Crippen LogP contribution is -2.57. The van der Waals surface area contributed by atoms with Gasteiger partial charge in [-0.25, -0.2) is 28.1 Å². The zero-order valence-electron chi connectivity index (χ0n) is 21.3. The minimum atomic E-state index is -1.26. The maximum Gasteiger partial charge on any atom is 0.336 e. The predicted octanol–water partition coefficient (Wildman–Crippen LogP) is -5.49. The molecule has 0 spiro atoms. The predicted molar refractivity (Wildman–Crippen MR) is 148 cm³/mol. The summed E-state index contributed by atoms with van der Waals surface area (Å²) in [5.41, 5.74) is -3.26. The Balaban J connectivity index is 3.19. The van der Waals surface area contributed by atoms with Crippen molar-refractivity contribution in [1.82, 2.24) is 13.7 Å². The first-order chi connectivity index (χ1) is 18.4. The van der Waals surface area contributed by atoms with Crippen molar-refractivity contribution < 1.29 is 46.0 Å². The molecule has 0 bridgehead atoms. The number of aliphatic hydroxyl groups excluding tert-OH is 9. The van der Waals surface area contributed by atoms with Gasteiger partial charge < -0.3 is 46.0 Å². The molecule has 1 aromatic rings. The second-order valence-electron chi connectivity index (χ2n) is 8.76. The van der Waals surface area contributed by atoms with E-state index < -0.39 is 93.1 Å². The van der Waals surface area contributed by atoms with Gasteiger partial charge in [0.05, 0.1) is 76.1 Å². The molecule has 1 aromatic heterocycles. The van der Waals surface area contributed by atoms with Gasteiger partial charge in [0.1, 0.15) is 0 Å². The van der Waals surface area contributed by atoms with Crippen molar-refractivity contribution in [3.05, 3.63) is 31.5 Å². The van der Waals surface area contributed by atoms with Crippen molar-refractivity contribution in [1.29, 1.82) is 0 Å². The van der Waals surface area contributed by atoms with E-state index in [1.54, 1.807) is 0 Å². The topological polar surface area (TPSA) is 248 Å². The van der Waals surface area contributed by atoms with E-state index in [9.17, 15) is 45.0 Å². The van der Waals surface area contributed by atoms with Gasteiger partial charge in [-0.3, -0.25) is 0 Å². The SMILES string of the molecule is O=c1n(CC(O)CSCC(O)CO)c(=O)n(CC(O)CSCC(O)CO)c(=O)n1CC(O)CSCC(O)CO. The lowest BCUT2D eigenvalue weighted by Gasteiger charge is -2.19. The monoisotopic (exact) mass is 621 g/mol. The van der Waals surface area contributed by atoms with Crippen molar-refractivity contribution in [2.45, 2.75) is 56.3 Å². The Morgan fingerprint density at radius 2 is 0.641 bits per heavy atom. The lowest BCUT2D eigenvalue weighted by molar-refractivity contribution is 0.113. The highest BCUT2D eigenvalue weighted by Crippen LogP contribution is 2.08. The smallest absolute Gasteiger partial charge is 0.336 e. The molecule has 1 heterocycles. The Morgan fingerprint density at radius 1 is 0.436 bits per heavy atom. The zero-order valence-corrected chi connectivity index (χ0v) is 23.7. The fourth-order valence-corrected chi connectivity index (χ4v) is 5.79. The molecule has 0 radical (unpaired) electrons. The summed E-state index contributed by atoms with van der Waals surface area (Å²) in [6.45, 7) is -3.00. The number of thioether (sulfide) groups is 3. The average Bonchev–Trinajstić information content (AvgIpc) is 2.91. The molecule has 1 rings (SSSR count). The zero-order chi connectivity index (χ0) is 29.5. The molecule has 18 heteroatoms. The van der Waals surface area contributed by atoms with Crippen LogP contribution in [0.4, 0.5) is 0 Å². The second-order valence-corrected chi connectivity index (χ2v) is 12.0. The standard InChI is InChI=1S/C21H39N3O12S3/c25-4-16(31)10-37-7-13(28)1-22-19(34)23(2-14(29)8-38-11-17(32)5-26)21(36)24(20(22)35)3-15(30)9-39-12-18(33)6-27/h13-18,25-33H,1-12H2. The minimum Gasteiger partial charge on any atom is -0.394 e. The number of rotatable bonds is 21. The van der Waals surface area contributed by atoms with Gasteiger partial charge >= 0.3 is 17.1 Å². The number of nitrogens with zero attached hydrogens (tertiary/aromatic N) is 3. The third-order valence-electron chi connectivity index (χ3n) is 5.06. The fourth-order valence-electron chi connectivity index (χ4n) is 3.12. The number of aromatic nitrogens is 3. The van der Waals surface area contributed by atoms with E-state index in [0.717, 1.165) is 35.3 Å². The van der Waals surface area contributed by atoms with Gasteiger partial charge in [-0.05, 0) is 0 Å². The summed E-state index contributed by atoms with van der Waals surface area (Å²) in [5, 5.41) is 86.1. The molecule has 0 aliphatic carbocycles. The van der Waals surface area contributed by atoms with Crippen LogP contribution >= 0.6 is 35.3 Å². The van der Waals surface area contributed by atoms with Gasteiger partial charge in [0.2, 0.25) is 0 Å².